The summed E-state index contributed by atoms with van der Waals surface area (Å²) >= 11 is 4.87. The van der Waals surface area contributed by atoms with Crippen LogP contribution in [0, 0.1) is 5.92 Å². The Balaban J connectivity index is 2.42. The van der Waals surface area contributed by atoms with Gasteiger partial charge < -0.3 is 15.8 Å². The number of ether oxygens (including phenoxy) is 1. The molecular weight excluding hydrogens is 260 g/mol. The minimum absolute atomic E-state index is 0.00558. The van der Waals surface area contributed by atoms with E-state index in [0.717, 1.165) is 11.1 Å². The van der Waals surface area contributed by atoms with Crippen molar-refractivity contribution in [2.24, 2.45) is 11.7 Å². The van der Waals surface area contributed by atoms with Crippen molar-refractivity contribution in [3.8, 4) is 0 Å². The van der Waals surface area contributed by atoms with Crippen LogP contribution in [0.25, 0.3) is 0 Å². The molecule has 1 aromatic rings. The minimum atomic E-state index is 0.00558. The van der Waals surface area contributed by atoms with Gasteiger partial charge >= 0.3 is 0 Å². The highest BCUT2D eigenvalue weighted by molar-refractivity contribution is 7.80. The van der Waals surface area contributed by atoms with Crippen molar-refractivity contribution >= 4 is 23.1 Å². The summed E-state index contributed by atoms with van der Waals surface area (Å²) in [4.78, 5) is 12.1. The quantitative estimate of drug-likeness (QED) is 0.738. The summed E-state index contributed by atoms with van der Waals surface area (Å²) in [5.41, 5.74) is 7.27. The Morgan fingerprint density at radius 2 is 2.05 bits per heavy atom. The van der Waals surface area contributed by atoms with Crippen LogP contribution in [0.1, 0.15) is 18.1 Å². The molecule has 0 radical (unpaired) electrons. The van der Waals surface area contributed by atoms with Crippen LogP contribution >= 0.6 is 12.2 Å². The minimum Gasteiger partial charge on any atom is -0.389 e. The molecular formula is C14H20N2O2S. The molecule has 0 saturated heterocycles. The van der Waals surface area contributed by atoms with Gasteiger partial charge in [0.25, 0.3) is 0 Å². The van der Waals surface area contributed by atoms with E-state index in [2.05, 4.69) is 5.32 Å². The summed E-state index contributed by atoms with van der Waals surface area (Å²) < 4.78 is 5.01. The standard InChI is InChI=1S/C14H20N2O2S/c1-10(9-18-2)8-16-13(17)7-11-3-5-12(6-4-11)14(15)19/h3-6,10H,7-9H2,1-2H3,(H2,15,19)(H,16,17). The third-order valence-corrected chi connectivity index (χ3v) is 2.94. The van der Waals surface area contributed by atoms with Gasteiger partial charge in [0, 0.05) is 19.2 Å². The van der Waals surface area contributed by atoms with Gasteiger partial charge in [-0.1, -0.05) is 43.4 Å². The Hall–Kier alpha value is -1.46. The molecule has 104 valence electrons. The zero-order valence-electron chi connectivity index (χ0n) is 11.3. The normalized spacial score (nSPS) is 11.9. The Morgan fingerprint density at radius 1 is 1.42 bits per heavy atom. The number of carbonyl (C=O) groups is 1. The van der Waals surface area contributed by atoms with E-state index in [4.69, 9.17) is 22.7 Å². The van der Waals surface area contributed by atoms with Crippen LogP contribution in [0.4, 0.5) is 0 Å². The monoisotopic (exact) mass is 280 g/mol. The number of nitrogens with two attached hydrogens (primary N) is 1. The van der Waals surface area contributed by atoms with Gasteiger partial charge in [0.05, 0.1) is 13.0 Å². The second-order valence-electron chi connectivity index (χ2n) is 4.60. The maximum atomic E-state index is 11.7. The van der Waals surface area contributed by atoms with Crippen LogP contribution in [0.3, 0.4) is 0 Å². The molecule has 3 N–H and O–H groups in total. The summed E-state index contributed by atoms with van der Waals surface area (Å²) in [6.45, 7) is 3.29. The maximum absolute atomic E-state index is 11.7. The van der Waals surface area contributed by atoms with E-state index in [0.29, 0.717) is 30.5 Å². The Labute approximate surface area is 119 Å². The topological polar surface area (TPSA) is 64.3 Å². The summed E-state index contributed by atoms with van der Waals surface area (Å²) in [6.07, 6.45) is 0.358. The number of benzene rings is 1. The van der Waals surface area contributed by atoms with Gasteiger partial charge in [0.2, 0.25) is 5.91 Å². The van der Waals surface area contributed by atoms with Gasteiger partial charge in [-0.05, 0) is 11.5 Å². The van der Waals surface area contributed by atoms with Gasteiger partial charge in [-0.2, -0.15) is 0 Å². The maximum Gasteiger partial charge on any atom is 0.224 e. The molecule has 0 aliphatic heterocycles. The first-order chi connectivity index (χ1) is 9.02. The van der Waals surface area contributed by atoms with Crippen LogP contribution < -0.4 is 11.1 Å². The molecule has 0 aliphatic carbocycles. The Morgan fingerprint density at radius 3 is 2.58 bits per heavy atom. The molecule has 1 atom stereocenters. The summed E-state index contributed by atoms with van der Waals surface area (Å²) in [7, 11) is 1.65. The molecule has 0 bridgehead atoms. The summed E-state index contributed by atoms with van der Waals surface area (Å²) in [5.74, 6) is 0.317. The summed E-state index contributed by atoms with van der Waals surface area (Å²) in [5, 5.41) is 2.88. The highest BCUT2D eigenvalue weighted by atomic mass is 32.1. The molecule has 0 heterocycles. The van der Waals surface area contributed by atoms with Crippen LogP contribution in [0.15, 0.2) is 24.3 Å². The predicted octanol–water partition coefficient (Wildman–Crippen LogP) is 1.26. The first kappa shape index (κ1) is 15.6. The van der Waals surface area contributed by atoms with Gasteiger partial charge in [0.15, 0.2) is 0 Å². The number of rotatable bonds is 7. The molecule has 1 rings (SSSR count). The van der Waals surface area contributed by atoms with Gasteiger partial charge in [-0.3, -0.25) is 4.79 Å². The van der Waals surface area contributed by atoms with Crippen molar-refractivity contribution in [2.75, 3.05) is 20.3 Å². The third-order valence-electron chi connectivity index (χ3n) is 2.70. The highest BCUT2D eigenvalue weighted by Gasteiger charge is 2.06. The van der Waals surface area contributed by atoms with Crippen LogP contribution in [0.2, 0.25) is 0 Å². The highest BCUT2D eigenvalue weighted by Crippen LogP contribution is 2.05. The fourth-order valence-corrected chi connectivity index (χ4v) is 1.80. The first-order valence-electron chi connectivity index (χ1n) is 6.17. The summed E-state index contributed by atoms with van der Waals surface area (Å²) in [6, 6.07) is 7.40. The number of methoxy groups -OCH3 is 1. The zero-order valence-corrected chi connectivity index (χ0v) is 12.1. The van der Waals surface area contributed by atoms with E-state index >= 15 is 0 Å². The van der Waals surface area contributed by atoms with Gasteiger partial charge in [0.1, 0.15) is 4.99 Å². The molecule has 0 saturated carbocycles. The molecule has 0 fully saturated rings. The number of hydrogen-bond acceptors (Lipinski definition) is 3. The largest absolute Gasteiger partial charge is 0.389 e. The molecule has 0 aliphatic rings. The lowest BCUT2D eigenvalue weighted by molar-refractivity contribution is -0.120. The van der Waals surface area contributed by atoms with Crippen molar-refractivity contribution < 1.29 is 9.53 Å². The predicted molar refractivity (Wildman–Crippen MR) is 80.1 cm³/mol. The molecule has 5 heteroatoms. The number of thiocarbonyl (C=S) groups is 1. The SMILES string of the molecule is COCC(C)CNC(=O)Cc1ccc(C(N)=S)cc1. The number of amides is 1. The van der Waals surface area contributed by atoms with E-state index in [-0.39, 0.29) is 5.91 Å². The van der Waals surface area contributed by atoms with Crippen LogP contribution in [0.5, 0.6) is 0 Å². The third kappa shape index (κ3) is 5.81. The van der Waals surface area contributed by atoms with E-state index < -0.39 is 0 Å². The molecule has 1 amide bonds. The van der Waals surface area contributed by atoms with Crippen LogP contribution in [-0.4, -0.2) is 31.2 Å². The second kappa shape index (κ2) is 7.86. The Bertz CT molecular complexity index is 432. The molecule has 19 heavy (non-hydrogen) atoms. The van der Waals surface area contributed by atoms with Crippen molar-refractivity contribution in [3.05, 3.63) is 35.4 Å². The lowest BCUT2D eigenvalue weighted by Crippen LogP contribution is -2.31. The number of nitrogens with one attached hydrogen (secondary N) is 1. The second-order valence-corrected chi connectivity index (χ2v) is 5.04. The van der Waals surface area contributed by atoms with Crippen molar-refractivity contribution in [3.63, 3.8) is 0 Å². The fraction of sp³-hybridized carbons (Fsp3) is 0.429. The van der Waals surface area contributed by atoms with Crippen molar-refractivity contribution in [2.45, 2.75) is 13.3 Å². The smallest absolute Gasteiger partial charge is 0.224 e. The molecule has 0 spiro atoms. The van der Waals surface area contributed by atoms with E-state index in [1.165, 1.54) is 0 Å². The lowest BCUT2D eigenvalue weighted by Gasteiger charge is -2.11. The average molecular weight is 280 g/mol. The molecule has 0 aromatic heterocycles. The zero-order chi connectivity index (χ0) is 14.3. The fourth-order valence-electron chi connectivity index (χ4n) is 1.67. The van der Waals surface area contributed by atoms with Gasteiger partial charge in [-0.25, -0.2) is 0 Å². The van der Waals surface area contributed by atoms with Gasteiger partial charge in [-0.15, -0.1) is 0 Å². The van der Waals surface area contributed by atoms with E-state index in [1.54, 1.807) is 7.11 Å². The number of hydrogen-bond donors (Lipinski definition) is 2. The molecule has 1 aromatic carbocycles. The lowest BCUT2D eigenvalue weighted by atomic mass is 10.1. The van der Waals surface area contributed by atoms with Crippen molar-refractivity contribution in [1.82, 2.24) is 5.32 Å². The van der Waals surface area contributed by atoms with Crippen LogP contribution in [-0.2, 0) is 16.0 Å². The number of carbonyl (C=O) groups excluding carboxylic acids is 1. The molecule has 4 nitrogen and oxygen atoms in total. The first-order valence-corrected chi connectivity index (χ1v) is 6.58. The average Bonchev–Trinajstić information content (AvgIpc) is 2.37. The molecule has 1 unspecified atom stereocenters. The van der Waals surface area contributed by atoms with E-state index in [1.807, 2.05) is 31.2 Å². The van der Waals surface area contributed by atoms with Crippen molar-refractivity contribution in [1.29, 1.82) is 0 Å². The Kier molecular flexibility index (Phi) is 6.45. The van der Waals surface area contributed by atoms with E-state index in [9.17, 15) is 4.79 Å².